The van der Waals surface area contributed by atoms with Gasteiger partial charge in [0.25, 0.3) is 15.9 Å². The third-order valence-corrected chi connectivity index (χ3v) is 5.40. The molecule has 10 heteroatoms. The Hall–Kier alpha value is -2.20. The second kappa shape index (κ2) is 6.36. The minimum atomic E-state index is -3.64. The number of aryl methyl sites for hydroxylation is 2. The Balaban J connectivity index is 1.72. The first kappa shape index (κ1) is 16.7. The largest absolute Gasteiger partial charge is 0.478 e. The molecule has 0 spiro atoms. The van der Waals surface area contributed by atoms with Gasteiger partial charge in [-0.1, -0.05) is 0 Å². The highest BCUT2D eigenvalue weighted by molar-refractivity contribution is 7.89. The molecule has 0 aliphatic carbocycles. The number of nitrogens with zero attached hydrogens (tertiary/aromatic N) is 5. The zero-order valence-corrected chi connectivity index (χ0v) is 14.6. The predicted octanol–water partition coefficient (Wildman–Crippen LogP) is 0.0843. The SMILES string of the molecule is COc1nccnc1N1CCC(NS(=O)(=O)c2cn(C)c(C)n2)C1. The van der Waals surface area contributed by atoms with Crippen LogP contribution in [0.1, 0.15) is 12.2 Å². The molecule has 2 aromatic heterocycles. The van der Waals surface area contributed by atoms with Gasteiger partial charge in [-0.25, -0.2) is 28.1 Å². The Morgan fingerprint density at radius 1 is 1.33 bits per heavy atom. The Morgan fingerprint density at radius 2 is 2.08 bits per heavy atom. The molecule has 3 heterocycles. The summed E-state index contributed by atoms with van der Waals surface area (Å²) in [6, 6.07) is -0.218. The highest BCUT2D eigenvalue weighted by atomic mass is 32.2. The first-order chi connectivity index (χ1) is 11.4. The lowest BCUT2D eigenvalue weighted by atomic mass is 10.3. The van der Waals surface area contributed by atoms with E-state index in [1.165, 1.54) is 13.3 Å². The first-order valence-electron chi connectivity index (χ1n) is 7.53. The summed E-state index contributed by atoms with van der Waals surface area (Å²) >= 11 is 0. The van der Waals surface area contributed by atoms with Gasteiger partial charge >= 0.3 is 0 Å². The number of ether oxygens (including phenoxy) is 1. The van der Waals surface area contributed by atoms with Crippen LogP contribution in [-0.2, 0) is 17.1 Å². The molecule has 0 amide bonds. The van der Waals surface area contributed by atoms with Crippen LogP contribution in [0.5, 0.6) is 5.88 Å². The Morgan fingerprint density at radius 3 is 2.75 bits per heavy atom. The third kappa shape index (κ3) is 3.20. The fraction of sp³-hybridized carbons (Fsp3) is 0.500. The molecule has 0 radical (unpaired) electrons. The van der Waals surface area contributed by atoms with Crippen molar-refractivity contribution < 1.29 is 13.2 Å². The Kier molecular flexibility index (Phi) is 4.41. The van der Waals surface area contributed by atoms with Crippen molar-refractivity contribution in [3.8, 4) is 5.88 Å². The number of aromatic nitrogens is 4. The molecule has 9 nitrogen and oxygen atoms in total. The van der Waals surface area contributed by atoms with Gasteiger partial charge in [0.05, 0.1) is 7.11 Å². The normalized spacial score (nSPS) is 18.1. The van der Waals surface area contributed by atoms with Crippen LogP contribution < -0.4 is 14.4 Å². The summed E-state index contributed by atoms with van der Waals surface area (Å²) in [4.78, 5) is 14.5. The van der Waals surface area contributed by atoms with Crippen molar-refractivity contribution in [3.63, 3.8) is 0 Å². The zero-order valence-electron chi connectivity index (χ0n) is 13.8. The number of rotatable bonds is 5. The van der Waals surface area contributed by atoms with Crippen molar-refractivity contribution in [2.45, 2.75) is 24.4 Å². The molecule has 24 heavy (non-hydrogen) atoms. The number of hydrogen-bond donors (Lipinski definition) is 1. The van der Waals surface area contributed by atoms with Gasteiger partial charge in [0.2, 0.25) is 0 Å². The first-order valence-corrected chi connectivity index (χ1v) is 9.01. The van der Waals surface area contributed by atoms with Crippen molar-refractivity contribution in [3.05, 3.63) is 24.4 Å². The van der Waals surface area contributed by atoms with Crippen molar-refractivity contribution >= 4 is 15.8 Å². The van der Waals surface area contributed by atoms with Gasteiger partial charge in [-0.3, -0.25) is 0 Å². The molecule has 1 unspecified atom stereocenters. The maximum absolute atomic E-state index is 12.5. The molecular weight excluding hydrogens is 332 g/mol. The minimum Gasteiger partial charge on any atom is -0.478 e. The molecule has 3 rings (SSSR count). The lowest BCUT2D eigenvalue weighted by Crippen LogP contribution is -2.37. The number of methoxy groups -OCH3 is 1. The van der Waals surface area contributed by atoms with Crippen molar-refractivity contribution in [2.75, 3.05) is 25.1 Å². The second-order valence-electron chi connectivity index (χ2n) is 5.68. The minimum absolute atomic E-state index is 0.0398. The van der Waals surface area contributed by atoms with Crippen LogP contribution in [0.4, 0.5) is 5.82 Å². The third-order valence-electron chi connectivity index (χ3n) is 4.01. The maximum atomic E-state index is 12.5. The molecule has 1 aliphatic rings. The molecule has 1 saturated heterocycles. The van der Waals surface area contributed by atoms with Crippen LogP contribution >= 0.6 is 0 Å². The van der Waals surface area contributed by atoms with Crippen LogP contribution in [0.15, 0.2) is 23.6 Å². The molecule has 1 aliphatic heterocycles. The van der Waals surface area contributed by atoms with E-state index < -0.39 is 10.0 Å². The smallest absolute Gasteiger partial charge is 0.259 e. The predicted molar refractivity (Wildman–Crippen MR) is 87.5 cm³/mol. The maximum Gasteiger partial charge on any atom is 0.259 e. The average Bonchev–Trinajstić information content (AvgIpc) is 3.14. The van der Waals surface area contributed by atoms with Crippen LogP contribution in [0.25, 0.3) is 0 Å². The number of anilines is 1. The fourth-order valence-corrected chi connectivity index (χ4v) is 3.96. The van der Waals surface area contributed by atoms with Crippen LogP contribution in [0.3, 0.4) is 0 Å². The zero-order chi connectivity index (χ0) is 17.3. The van der Waals surface area contributed by atoms with E-state index in [9.17, 15) is 8.42 Å². The van der Waals surface area contributed by atoms with Gasteiger partial charge in [-0.2, -0.15) is 0 Å². The van der Waals surface area contributed by atoms with Gasteiger partial charge in [-0.05, 0) is 13.3 Å². The molecule has 2 aromatic rings. The summed E-state index contributed by atoms with van der Waals surface area (Å²) in [6.07, 6.45) is 5.33. The number of imidazole rings is 1. The summed E-state index contributed by atoms with van der Waals surface area (Å²) in [7, 11) is -0.345. The van der Waals surface area contributed by atoms with Crippen molar-refractivity contribution in [1.82, 2.24) is 24.2 Å². The van der Waals surface area contributed by atoms with Gasteiger partial charge in [0, 0.05) is 44.8 Å². The Labute approximate surface area is 140 Å². The highest BCUT2D eigenvalue weighted by Gasteiger charge is 2.30. The van der Waals surface area contributed by atoms with E-state index in [1.807, 2.05) is 4.90 Å². The average molecular weight is 352 g/mol. The Bertz CT molecular complexity index is 815. The molecule has 0 saturated carbocycles. The number of sulfonamides is 1. The summed E-state index contributed by atoms with van der Waals surface area (Å²) in [6.45, 7) is 2.93. The van der Waals surface area contributed by atoms with E-state index >= 15 is 0 Å². The van der Waals surface area contributed by atoms with E-state index in [0.717, 1.165) is 0 Å². The topological polar surface area (TPSA) is 102 Å². The van der Waals surface area contributed by atoms with Crippen LogP contribution in [0.2, 0.25) is 0 Å². The molecule has 0 aromatic carbocycles. The summed E-state index contributed by atoms with van der Waals surface area (Å²) in [5, 5.41) is 0.0398. The van der Waals surface area contributed by atoms with Crippen LogP contribution in [0, 0.1) is 6.92 Å². The van der Waals surface area contributed by atoms with Gasteiger partial charge < -0.3 is 14.2 Å². The molecule has 0 bridgehead atoms. The highest BCUT2D eigenvalue weighted by Crippen LogP contribution is 2.26. The van der Waals surface area contributed by atoms with E-state index in [0.29, 0.717) is 37.0 Å². The second-order valence-corrected chi connectivity index (χ2v) is 7.34. The summed E-state index contributed by atoms with van der Waals surface area (Å²) < 4.78 is 34.5. The van der Waals surface area contributed by atoms with E-state index in [1.54, 1.807) is 30.9 Å². The van der Waals surface area contributed by atoms with Gasteiger partial charge in [0.1, 0.15) is 5.82 Å². The van der Waals surface area contributed by atoms with E-state index in [2.05, 4.69) is 19.7 Å². The molecule has 1 atom stereocenters. The van der Waals surface area contributed by atoms with Gasteiger partial charge in [0.15, 0.2) is 10.8 Å². The summed E-state index contributed by atoms with van der Waals surface area (Å²) in [5.41, 5.74) is 0. The lowest BCUT2D eigenvalue weighted by Gasteiger charge is -2.19. The van der Waals surface area contributed by atoms with Crippen molar-refractivity contribution in [1.29, 1.82) is 0 Å². The van der Waals surface area contributed by atoms with Crippen molar-refractivity contribution in [2.24, 2.45) is 7.05 Å². The fourth-order valence-electron chi connectivity index (χ4n) is 2.66. The monoisotopic (exact) mass is 352 g/mol. The van der Waals surface area contributed by atoms with E-state index in [-0.39, 0.29) is 11.1 Å². The number of nitrogens with one attached hydrogen (secondary N) is 1. The molecular formula is C14H20N6O3S. The quantitative estimate of drug-likeness (QED) is 0.813. The lowest BCUT2D eigenvalue weighted by molar-refractivity contribution is 0.396. The van der Waals surface area contributed by atoms with Crippen LogP contribution in [-0.4, -0.2) is 54.2 Å². The number of hydrogen-bond acceptors (Lipinski definition) is 7. The summed E-state index contributed by atoms with van der Waals surface area (Å²) in [5.74, 6) is 1.70. The van der Waals surface area contributed by atoms with Gasteiger partial charge in [-0.15, -0.1) is 0 Å². The molecule has 1 fully saturated rings. The molecule has 1 N–H and O–H groups in total. The van der Waals surface area contributed by atoms with E-state index in [4.69, 9.17) is 4.74 Å². The standard InChI is InChI=1S/C14H20N6O3S/c1-10-17-12(9-19(10)2)24(21,22)18-11-4-7-20(8-11)13-14(23-3)16-6-5-15-13/h5-6,9,11,18H,4,7-8H2,1-3H3. The molecule has 130 valence electrons.